The number of methoxy groups -OCH3 is 1. The normalized spacial score (nSPS) is 17.3. The minimum atomic E-state index is -0.457. The molecular weight excluding hydrogens is 382 g/mol. The van der Waals surface area contributed by atoms with Crippen LogP contribution in [0.3, 0.4) is 0 Å². The number of amides is 1. The van der Waals surface area contributed by atoms with E-state index in [1.54, 1.807) is 7.11 Å². The lowest BCUT2D eigenvalue weighted by Crippen LogP contribution is -2.38. The van der Waals surface area contributed by atoms with Crippen molar-refractivity contribution in [3.8, 4) is 5.75 Å². The minimum absolute atomic E-state index is 0.0571. The number of benzene rings is 1. The average Bonchev–Trinajstić information content (AvgIpc) is 3.59. The first-order chi connectivity index (χ1) is 14.6. The van der Waals surface area contributed by atoms with E-state index in [0.717, 1.165) is 54.7 Å². The lowest BCUT2D eigenvalue weighted by molar-refractivity contribution is -0.123. The third-order valence-electron chi connectivity index (χ3n) is 5.68. The Balaban J connectivity index is 1.32. The van der Waals surface area contributed by atoms with Gasteiger partial charge in [-0.15, -0.1) is 0 Å². The standard InChI is InChI=1S/C22H29N5O3/c1-16-25-19(15-20(26-16)27-11-13-30-14-12-27)23-9-10-24-21(28)22(7-8-22)17-5-3-4-6-18(17)29-2/h3-6,15H,7-14H2,1-2H3,(H,24,28)(H,23,25,26). The van der Waals surface area contributed by atoms with E-state index in [1.165, 1.54) is 0 Å². The van der Waals surface area contributed by atoms with Gasteiger partial charge in [-0.2, -0.15) is 0 Å². The van der Waals surface area contributed by atoms with Crippen LogP contribution in [0, 0.1) is 6.92 Å². The number of nitrogens with one attached hydrogen (secondary N) is 2. The van der Waals surface area contributed by atoms with Crippen LogP contribution in [0.4, 0.5) is 11.6 Å². The quantitative estimate of drug-likeness (QED) is 0.641. The molecule has 2 N–H and O–H groups in total. The lowest BCUT2D eigenvalue weighted by atomic mass is 9.94. The van der Waals surface area contributed by atoms with Gasteiger partial charge in [-0.05, 0) is 25.8 Å². The Morgan fingerprint density at radius 2 is 1.97 bits per heavy atom. The van der Waals surface area contributed by atoms with Crippen LogP contribution in [0.1, 0.15) is 24.2 Å². The summed E-state index contributed by atoms with van der Waals surface area (Å²) in [5.41, 5.74) is 0.515. The zero-order valence-corrected chi connectivity index (χ0v) is 17.6. The lowest BCUT2D eigenvalue weighted by Gasteiger charge is -2.28. The molecule has 1 saturated carbocycles. The number of carbonyl (C=O) groups is 1. The molecular formula is C22H29N5O3. The number of nitrogens with zero attached hydrogens (tertiary/aromatic N) is 3. The third-order valence-corrected chi connectivity index (χ3v) is 5.68. The maximum Gasteiger partial charge on any atom is 0.230 e. The van der Waals surface area contributed by atoms with Crippen LogP contribution in [-0.2, 0) is 14.9 Å². The highest BCUT2D eigenvalue weighted by Gasteiger charge is 2.52. The van der Waals surface area contributed by atoms with E-state index in [4.69, 9.17) is 9.47 Å². The molecule has 0 bridgehead atoms. The molecule has 0 spiro atoms. The number of carbonyl (C=O) groups excluding carboxylic acids is 1. The summed E-state index contributed by atoms with van der Waals surface area (Å²) < 4.78 is 10.9. The van der Waals surface area contributed by atoms with Gasteiger partial charge in [0, 0.05) is 37.8 Å². The van der Waals surface area contributed by atoms with Crippen molar-refractivity contribution < 1.29 is 14.3 Å². The van der Waals surface area contributed by atoms with Crippen molar-refractivity contribution in [2.45, 2.75) is 25.2 Å². The molecule has 2 aliphatic rings. The highest BCUT2D eigenvalue weighted by molar-refractivity contribution is 5.92. The Kier molecular flexibility index (Phi) is 6.03. The van der Waals surface area contributed by atoms with Gasteiger partial charge in [0.1, 0.15) is 23.2 Å². The molecule has 160 valence electrons. The number of aromatic nitrogens is 2. The number of morpholine rings is 1. The largest absolute Gasteiger partial charge is 0.496 e. The SMILES string of the molecule is COc1ccccc1C1(C(=O)NCCNc2cc(N3CCOCC3)nc(C)n2)CC1. The maximum atomic E-state index is 12.9. The Morgan fingerprint density at radius 1 is 1.20 bits per heavy atom. The van der Waals surface area contributed by atoms with Crippen molar-refractivity contribution in [3.63, 3.8) is 0 Å². The van der Waals surface area contributed by atoms with E-state index >= 15 is 0 Å². The van der Waals surface area contributed by atoms with Crippen LogP contribution in [-0.4, -0.2) is 62.4 Å². The molecule has 1 aromatic heterocycles. The van der Waals surface area contributed by atoms with Gasteiger partial charge in [0.2, 0.25) is 5.91 Å². The Morgan fingerprint density at radius 3 is 2.70 bits per heavy atom. The molecule has 8 heteroatoms. The number of anilines is 2. The molecule has 1 amide bonds. The monoisotopic (exact) mass is 411 g/mol. The molecule has 1 saturated heterocycles. The molecule has 30 heavy (non-hydrogen) atoms. The summed E-state index contributed by atoms with van der Waals surface area (Å²) in [5.74, 6) is 3.23. The predicted octanol–water partition coefficient (Wildman–Crippen LogP) is 1.89. The molecule has 8 nitrogen and oxygen atoms in total. The van der Waals surface area contributed by atoms with Gasteiger partial charge >= 0.3 is 0 Å². The molecule has 4 rings (SSSR count). The number of rotatable bonds is 8. The molecule has 1 aliphatic carbocycles. The third kappa shape index (κ3) is 4.33. The van der Waals surface area contributed by atoms with E-state index in [1.807, 2.05) is 37.3 Å². The number of aryl methyl sites for hydroxylation is 1. The highest BCUT2D eigenvalue weighted by atomic mass is 16.5. The fourth-order valence-corrected chi connectivity index (χ4v) is 3.92. The second kappa shape index (κ2) is 8.87. The first-order valence-electron chi connectivity index (χ1n) is 10.5. The molecule has 1 aromatic carbocycles. The van der Waals surface area contributed by atoms with Crippen molar-refractivity contribution in [1.82, 2.24) is 15.3 Å². The van der Waals surface area contributed by atoms with Crippen molar-refractivity contribution in [3.05, 3.63) is 41.7 Å². The van der Waals surface area contributed by atoms with Crippen molar-refractivity contribution >= 4 is 17.5 Å². The molecule has 2 fully saturated rings. The van der Waals surface area contributed by atoms with Crippen molar-refractivity contribution in [1.29, 1.82) is 0 Å². The van der Waals surface area contributed by atoms with Gasteiger partial charge < -0.3 is 25.0 Å². The Hall–Kier alpha value is -2.87. The van der Waals surface area contributed by atoms with Crippen LogP contribution in [0.5, 0.6) is 5.75 Å². The molecule has 0 atom stereocenters. The molecule has 1 aliphatic heterocycles. The zero-order valence-electron chi connectivity index (χ0n) is 17.6. The minimum Gasteiger partial charge on any atom is -0.496 e. The topological polar surface area (TPSA) is 88.6 Å². The van der Waals surface area contributed by atoms with Crippen LogP contribution in [0.25, 0.3) is 0 Å². The average molecular weight is 412 g/mol. The van der Waals surface area contributed by atoms with E-state index in [-0.39, 0.29) is 5.91 Å². The van der Waals surface area contributed by atoms with E-state index in [9.17, 15) is 4.79 Å². The molecule has 2 heterocycles. The summed E-state index contributed by atoms with van der Waals surface area (Å²) in [6.45, 7) is 6.09. The van der Waals surface area contributed by atoms with Crippen LogP contribution in [0.2, 0.25) is 0 Å². The fourth-order valence-electron chi connectivity index (χ4n) is 3.92. The van der Waals surface area contributed by atoms with Crippen molar-refractivity contribution in [2.75, 3.05) is 56.7 Å². The number of hydrogen-bond donors (Lipinski definition) is 2. The van der Waals surface area contributed by atoms with Crippen LogP contribution < -0.4 is 20.3 Å². The number of para-hydroxylation sites is 1. The summed E-state index contributed by atoms with van der Waals surface area (Å²) in [5, 5.41) is 6.38. The molecule has 0 radical (unpaired) electrons. The van der Waals surface area contributed by atoms with Gasteiger partial charge in [-0.3, -0.25) is 4.79 Å². The summed E-state index contributed by atoms with van der Waals surface area (Å²) >= 11 is 0. The van der Waals surface area contributed by atoms with E-state index < -0.39 is 5.41 Å². The van der Waals surface area contributed by atoms with Gasteiger partial charge in [0.05, 0.1) is 25.7 Å². The first-order valence-corrected chi connectivity index (χ1v) is 10.5. The van der Waals surface area contributed by atoms with Crippen LogP contribution >= 0.6 is 0 Å². The summed E-state index contributed by atoms with van der Waals surface area (Å²) in [7, 11) is 1.64. The Bertz CT molecular complexity index is 894. The maximum absolute atomic E-state index is 12.9. The van der Waals surface area contributed by atoms with Gasteiger partial charge in [0.15, 0.2) is 0 Å². The Labute approximate surface area is 177 Å². The van der Waals surface area contributed by atoms with Gasteiger partial charge in [-0.25, -0.2) is 9.97 Å². The molecule has 0 unspecified atom stereocenters. The van der Waals surface area contributed by atoms with Gasteiger partial charge in [-0.1, -0.05) is 18.2 Å². The number of hydrogen-bond acceptors (Lipinski definition) is 7. The fraction of sp³-hybridized carbons (Fsp3) is 0.500. The second-order valence-electron chi connectivity index (χ2n) is 7.72. The predicted molar refractivity (Wildman–Crippen MR) is 115 cm³/mol. The first kappa shape index (κ1) is 20.4. The summed E-state index contributed by atoms with van der Waals surface area (Å²) in [4.78, 5) is 24.1. The van der Waals surface area contributed by atoms with Gasteiger partial charge in [0.25, 0.3) is 0 Å². The van der Waals surface area contributed by atoms with Crippen LogP contribution in [0.15, 0.2) is 30.3 Å². The zero-order chi connectivity index (χ0) is 21.0. The second-order valence-corrected chi connectivity index (χ2v) is 7.72. The molecule has 2 aromatic rings. The highest BCUT2D eigenvalue weighted by Crippen LogP contribution is 2.51. The summed E-state index contributed by atoms with van der Waals surface area (Å²) in [6, 6.07) is 9.73. The van der Waals surface area contributed by atoms with Crippen molar-refractivity contribution in [2.24, 2.45) is 0 Å². The van der Waals surface area contributed by atoms with E-state index in [0.29, 0.717) is 26.3 Å². The smallest absolute Gasteiger partial charge is 0.230 e. The number of ether oxygens (including phenoxy) is 2. The van der Waals surface area contributed by atoms with E-state index in [2.05, 4.69) is 25.5 Å². The summed E-state index contributed by atoms with van der Waals surface area (Å²) in [6.07, 6.45) is 1.70.